The van der Waals surface area contributed by atoms with Crippen molar-refractivity contribution >= 4 is 12.0 Å². The molecule has 0 saturated carbocycles. The number of rotatable bonds is 3. The van der Waals surface area contributed by atoms with Gasteiger partial charge < -0.3 is 24.8 Å². The number of amides is 2. The fourth-order valence-electron chi connectivity index (χ4n) is 3.20. The summed E-state index contributed by atoms with van der Waals surface area (Å²) in [5.41, 5.74) is 1.02. The monoisotopic (exact) mass is 334 g/mol. The molecule has 24 heavy (non-hydrogen) atoms. The van der Waals surface area contributed by atoms with Crippen molar-refractivity contribution in [2.24, 2.45) is 5.92 Å². The molecule has 2 atom stereocenters. The van der Waals surface area contributed by atoms with Gasteiger partial charge in [0.1, 0.15) is 18.1 Å². The summed E-state index contributed by atoms with van der Waals surface area (Å²) < 4.78 is 10.9. The average Bonchev–Trinajstić information content (AvgIpc) is 2.61. The second kappa shape index (κ2) is 6.98. The van der Waals surface area contributed by atoms with Crippen molar-refractivity contribution in [3.8, 4) is 11.5 Å². The molecule has 0 radical (unpaired) electrons. The van der Waals surface area contributed by atoms with Crippen molar-refractivity contribution in [2.45, 2.75) is 25.3 Å². The Morgan fingerprint density at radius 3 is 3.00 bits per heavy atom. The zero-order valence-electron chi connectivity index (χ0n) is 13.7. The molecule has 2 N–H and O–H groups in total. The lowest BCUT2D eigenvalue weighted by molar-refractivity contribution is -0.143. The summed E-state index contributed by atoms with van der Waals surface area (Å²) in [7, 11) is 1.61. The number of carboxylic acids is 1. The highest BCUT2D eigenvalue weighted by atomic mass is 16.5. The topological polar surface area (TPSA) is 88.1 Å². The lowest BCUT2D eigenvalue weighted by Gasteiger charge is -2.33. The van der Waals surface area contributed by atoms with Gasteiger partial charge in [0.15, 0.2) is 0 Å². The molecule has 0 spiro atoms. The van der Waals surface area contributed by atoms with Crippen LogP contribution in [-0.2, 0) is 11.2 Å². The van der Waals surface area contributed by atoms with Crippen LogP contribution in [0.1, 0.15) is 18.4 Å². The van der Waals surface area contributed by atoms with Crippen molar-refractivity contribution in [1.29, 1.82) is 0 Å². The first-order valence-electron chi connectivity index (χ1n) is 8.15. The van der Waals surface area contributed by atoms with E-state index in [-0.39, 0.29) is 18.6 Å². The molecule has 2 unspecified atom stereocenters. The SMILES string of the molecule is COc1ccc2c(c1)OCC(NC(=O)N1CCCC(C(=O)O)C1)C2. The molecule has 2 aliphatic rings. The van der Waals surface area contributed by atoms with Gasteiger partial charge in [-0.15, -0.1) is 0 Å². The maximum Gasteiger partial charge on any atom is 0.317 e. The Hall–Kier alpha value is -2.44. The Labute approximate surface area is 140 Å². The van der Waals surface area contributed by atoms with Gasteiger partial charge in [-0.3, -0.25) is 4.79 Å². The number of nitrogens with one attached hydrogen (secondary N) is 1. The number of hydrogen-bond donors (Lipinski definition) is 2. The Kier molecular flexibility index (Phi) is 4.78. The maximum absolute atomic E-state index is 12.4. The van der Waals surface area contributed by atoms with E-state index in [0.29, 0.717) is 32.4 Å². The number of carbonyl (C=O) groups excluding carboxylic acids is 1. The third-order valence-corrected chi connectivity index (χ3v) is 4.57. The van der Waals surface area contributed by atoms with Crippen molar-refractivity contribution in [3.05, 3.63) is 23.8 Å². The van der Waals surface area contributed by atoms with E-state index in [1.165, 1.54) is 0 Å². The number of likely N-dealkylation sites (tertiary alicyclic amines) is 1. The molecule has 1 aromatic carbocycles. The lowest BCUT2D eigenvalue weighted by Crippen LogP contribution is -2.52. The zero-order chi connectivity index (χ0) is 17.1. The van der Waals surface area contributed by atoms with E-state index < -0.39 is 11.9 Å². The smallest absolute Gasteiger partial charge is 0.317 e. The van der Waals surface area contributed by atoms with E-state index in [9.17, 15) is 9.59 Å². The summed E-state index contributed by atoms with van der Waals surface area (Å²) in [5.74, 6) is 0.213. The lowest BCUT2D eigenvalue weighted by atomic mass is 9.98. The fraction of sp³-hybridized carbons (Fsp3) is 0.529. The second-order valence-electron chi connectivity index (χ2n) is 6.26. The fourth-order valence-corrected chi connectivity index (χ4v) is 3.20. The van der Waals surface area contributed by atoms with Crippen LogP contribution in [0.4, 0.5) is 4.79 Å². The normalized spacial score (nSPS) is 23.0. The zero-order valence-corrected chi connectivity index (χ0v) is 13.7. The molecule has 7 heteroatoms. The largest absolute Gasteiger partial charge is 0.497 e. The number of aliphatic carboxylic acids is 1. The molecular formula is C17H22N2O5. The third-order valence-electron chi connectivity index (χ3n) is 4.57. The van der Waals surface area contributed by atoms with E-state index in [1.54, 1.807) is 12.0 Å². The molecule has 0 aliphatic carbocycles. The number of nitrogens with zero attached hydrogens (tertiary/aromatic N) is 1. The van der Waals surface area contributed by atoms with Crippen LogP contribution in [0.25, 0.3) is 0 Å². The minimum Gasteiger partial charge on any atom is -0.497 e. The third kappa shape index (κ3) is 3.55. The molecule has 2 aliphatic heterocycles. The molecular weight excluding hydrogens is 312 g/mol. The van der Waals surface area contributed by atoms with Crippen LogP contribution in [0.2, 0.25) is 0 Å². The van der Waals surface area contributed by atoms with Crippen molar-refractivity contribution in [3.63, 3.8) is 0 Å². The van der Waals surface area contributed by atoms with E-state index >= 15 is 0 Å². The van der Waals surface area contributed by atoms with Crippen LogP contribution in [0.5, 0.6) is 11.5 Å². The summed E-state index contributed by atoms with van der Waals surface area (Å²) in [6.45, 7) is 1.25. The molecule has 3 rings (SSSR count). The van der Waals surface area contributed by atoms with Gasteiger partial charge in [0.05, 0.1) is 19.1 Å². The number of fused-ring (bicyclic) bond motifs is 1. The predicted molar refractivity (Wildman–Crippen MR) is 86.4 cm³/mol. The Morgan fingerprint density at radius 2 is 2.25 bits per heavy atom. The molecule has 1 aromatic rings. The first-order chi connectivity index (χ1) is 11.6. The van der Waals surface area contributed by atoms with Crippen LogP contribution < -0.4 is 14.8 Å². The number of methoxy groups -OCH3 is 1. The van der Waals surface area contributed by atoms with E-state index in [1.807, 2.05) is 18.2 Å². The second-order valence-corrected chi connectivity index (χ2v) is 6.26. The molecule has 2 amide bonds. The predicted octanol–water partition coefficient (Wildman–Crippen LogP) is 1.50. The highest BCUT2D eigenvalue weighted by Crippen LogP contribution is 2.29. The number of piperidine rings is 1. The summed E-state index contributed by atoms with van der Waals surface area (Å²) in [6, 6.07) is 5.31. The van der Waals surface area contributed by atoms with Crippen LogP contribution in [0.15, 0.2) is 18.2 Å². The van der Waals surface area contributed by atoms with Crippen LogP contribution in [0.3, 0.4) is 0 Å². The van der Waals surface area contributed by atoms with Crippen LogP contribution in [0, 0.1) is 5.92 Å². The van der Waals surface area contributed by atoms with Gasteiger partial charge in [0, 0.05) is 19.2 Å². The van der Waals surface area contributed by atoms with Gasteiger partial charge in [-0.25, -0.2) is 4.79 Å². The number of carbonyl (C=O) groups is 2. The highest BCUT2D eigenvalue weighted by molar-refractivity contribution is 5.77. The Balaban J connectivity index is 1.58. The van der Waals surface area contributed by atoms with Gasteiger partial charge in [0.2, 0.25) is 0 Å². The van der Waals surface area contributed by atoms with Crippen molar-refractivity contribution < 1.29 is 24.2 Å². The molecule has 0 aromatic heterocycles. The molecule has 1 saturated heterocycles. The number of ether oxygens (including phenoxy) is 2. The number of urea groups is 1. The van der Waals surface area contributed by atoms with Gasteiger partial charge in [-0.05, 0) is 30.9 Å². The number of hydrogen-bond acceptors (Lipinski definition) is 4. The van der Waals surface area contributed by atoms with Gasteiger partial charge >= 0.3 is 12.0 Å². The summed E-state index contributed by atoms with van der Waals surface area (Å²) in [4.78, 5) is 25.1. The standard InChI is InChI=1S/C17H22N2O5/c1-23-14-5-4-11-7-13(10-24-15(11)8-14)18-17(22)19-6-2-3-12(9-19)16(20)21/h4-5,8,12-13H,2-3,6-7,9-10H2,1H3,(H,18,22)(H,20,21). The first kappa shape index (κ1) is 16.4. The van der Waals surface area contributed by atoms with Crippen LogP contribution >= 0.6 is 0 Å². The molecule has 130 valence electrons. The van der Waals surface area contributed by atoms with E-state index in [4.69, 9.17) is 14.6 Å². The van der Waals surface area contributed by atoms with E-state index in [2.05, 4.69) is 5.32 Å². The highest BCUT2D eigenvalue weighted by Gasteiger charge is 2.30. The molecule has 0 bridgehead atoms. The number of benzene rings is 1. The summed E-state index contributed by atoms with van der Waals surface area (Å²) >= 11 is 0. The van der Waals surface area contributed by atoms with Crippen molar-refractivity contribution in [2.75, 3.05) is 26.8 Å². The minimum absolute atomic E-state index is 0.122. The van der Waals surface area contributed by atoms with Gasteiger partial charge in [0.25, 0.3) is 0 Å². The Bertz CT molecular complexity index is 633. The first-order valence-corrected chi connectivity index (χ1v) is 8.15. The average molecular weight is 334 g/mol. The van der Waals surface area contributed by atoms with Gasteiger partial charge in [-0.1, -0.05) is 6.07 Å². The Morgan fingerprint density at radius 1 is 1.42 bits per heavy atom. The van der Waals surface area contributed by atoms with Crippen molar-refractivity contribution in [1.82, 2.24) is 10.2 Å². The van der Waals surface area contributed by atoms with Crippen LogP contribution in [-0.4, -0.2) is 54.9 Å². The molecule has 7 nitrogen and oxygen atoms in total. The minimum atomic E-state index is -0.837. The molecule has 2 heterocycles. The quantitative estimate of drug-likeness (QED) is 0.875. The number of carboxylic acid groups (broad SMARTS) is 1. The maximum atomic E-state index is 12.4. The van der Waals surface area contributed by atoms with E-state index in [0.717, 1.165) is 17.1 Å². The summed E-state index contributed by atoms with van der Waals surface area (Å²) in [5, 5.41) is 12.1. The molecule has 1 fully saturated rings. The summed E-state index contributed by atoms with van der Waals surface area (Å²) in [6.07, 6.45) is 2.02. The van der Waals surface area contributed by atoms with Gasteiger partial charge in [-0.2, -0.15) is 0 Å².